The summed E-state index contributed by atoms with van der Waals surface area (Å²) in [5.74, 6) is 1.64. The summed E-state index contributed by atoms with van der Waals surface area (Å²) in [6, 6.07) is 5.78. The third-order valence-electron chi connectivity index (χ3n) is 2.54. The molecule has 1 aromatic rings. The molecule has 0 aromatic heterocycles. The van der Waals surface area contributed by atoms with E-state index in [0.29, 0.717) is 0 Å². The number of likely N-dealkylation sites (N-methyl/N-ethyl adjacent to an activating group) is 1. The lowest BCUT2D eigenvalue weighted by molar-refractivity contribution is 0.174. The maximum absolute atomic E-state index is 9.25. The van der Waals surface area contributed by atoms with E-state index in [-0.39, 0.29) is 19.3 Å². The molecule has 2 rings (SSSR count). The Labute approximate surface area is 88.8 Å². The number of rotatable bonds is 4. The van der Waals surface area contributed by atoms with Crippen LogP contribution in [0.5, 0.6) is 11.5 Å². The Hall–Kier alpha value is -1.26. The lowest BCUT2D eigenvalue weighted by Crippen LogP contribution is -2.19. The van der Waals surface area contributed by atoms with Gasteiger partial charge in [0.2, 0.25) is 6.79 Å². The molecule has 0 bridgehead atoms. The number of hydrogen-bond donors (Lipinski definition) is 2. The topological polar surface area (TPSA) is 50.7 Å². The van der Waals surface area contributed by atoms with Gasteiger partial charge in [-0.05, 0) is 24.7 Å². The summed E-state index contributed by atoms with van der Waals surface area (Å²) in [7, 11) is 1.87. The minimum atomic E-state index is 0.101. The monoisotopic (exact) mass is 209 g/mol. The SMILES string of the molecule is CNCC(CO)c1ccc2c(c1)OCO2. The molecule has 0 amide bonds. The highest BCUT2D eigenvalue weighted by Gasteiger charge is 2.16. The highest BCUT2D eigenvalue weighted by atomic mass is 16.7. The number of benzene rings is 1. The molecular weight excluding hydrogens is 194 g/mol. The van der Waals surface area contributed by atoms with E-state index in [4.69, 9.17) is 9.47 Å². The minimum absolute atomic E-state index is 0.101. The zero-order chi connectivity index (χ0) is 10.7. The highest BCUT2D eigenvalue weighted by molar-refractivity contribution is 5.45. The van der Waals surface area contributed by atoms with Gasteiger partial charge in [-0.2, -0.15) is 0 Å². The van der Waals surface area contributed by atoms with Crippen LogP contribution < -0.4 is 14.8 Å². The predicted molar refractivity (Wildman–Crippen MR) is 56.3 cm³/mol. The van der Waals surface area contributed by atoms with Crippen LogP contribution in [0, 0.1) is 0 Å². The Morgan fingerprint density at radius 1 is 1.40 bits per heavy atom. The molecular formula is C11H15NO3. The van der Waals surface area contributed by atoms with Crippen molar-refractivity contribution in [2.24, 2.45) is 0 Å². The fourth-order valence-corrected chi connectivity index (χ4v) is 1.70. The average molecular weight is 209 g/mol. The lowest BCUT2D eigenvalue weighted by atomic mass is 9.99. The Morgan fingerprint density at radius 2 is 2.20 bits per heavy atom. The first-order chi connectivity index (χ1) is 7.35. The molecule has 0 saturated carbocycles. The Balaban J connectivity index is 2.20. The standard InChI is InChI=1S/C11H15NO3/c1-12-5-9(6-13)8-2-3-10-11(4-8)15-7-14-10/h2-4,9,12-13H,5-7H2,1H3. The van der Waals surface area contributed by atoms with Crippen molar-refractivity contribution >= 4 is 0 Å². The van der Waals surface area contributed by atoms with Gasteiger partial charge in [0.25, 0.3) is 0 Å². The van der Waals surface area contributed by atoms with Crippen molar-refractivity contribution in [3.8, 4) is 11.5 Å². The van der Waals surface area contributed by atoms with Crippen molar-refractivity contribution < 1.29 is 14.6 Å². The fourth-order valence-electron chi connectivity index (χ4n) is 1.70. The number of aliphatic hydroxyl groups excluding tert-OH is 1. The van der Waals surface area contributed by atoms with E-state index >= 15 is 0 Å². The summed E-state index contributed by atoms with van der Waals surface area (Å²) in [5.41, 5.74) is 1.07. The van der Waals surface area contributed by atoms with Gasteiger partial charge < -0.3 is 19.9 Å². The van der Waals surface area contributed by atoms with E-state index in [1.165, 1.54) is 0 Å². The second-order valence-electron chi connectivity index (χ2n) is 3.55. The molecule has 1 aliphatic heterocycles. The molecule has 82 valence electrons. The summed E-state index contributed by atoms with van der Waals surface area (Å²) < 4.78 is 10.5. The normalized spacial score (nSPS) is 15.3. The van der Waals surface area contributed by atoms with Crippen LogP contribution in [0.25, 0.3) is 0 Å². The van der Waals surface area contributed by atoms with Gasteiger partial charge in [-0.25, -0.2) is 0 Å². The van der Waals surface area contributed by atoms with Gasteiger partial charge in [0.1, 0.15) is 0 Å². The van der Waals surface area contributed by atoms with Gasteiger partial charge in [-0.3, -0.25) is 0 Å². The first kappa shape index (κ1) is 10.3. The number of fused-ring (bicyclic) bond motifs is 1. The van der Waals surface area contributed by atoms with E-state index in [1.54, 1.807) is 0 Å². The first-order valence-corrected chi connectivity index (χ1v) is 5.00. The Morgan fingerprint density at radius 3 is 2.93 bits per heavy atom. The van der Waals surface area contributed by atoms with Crippen LogP contribution in [0.2, 0.25) is 0 Å². The number of hydrogen-bond acceptors (Lipinski definition) is 4. The van der Waals surface area contributed by atoms with Crippen molar-refractivity contribution in [3.63, 3.8) is 0 Å². The van der Waals surface area contributed by atoms with E-state index < -0.39 is 0 Å². The van der Waals surface area contributed by atoms with Crippen LogP contribution in [0.15, 0.2) is 18.2 Å². The number of aliphatic hydroxyl groups is 1. The van der Waals surface area contributed by atoms with Crippen LogP contribution >= 0.6 is 0 Å². The highest BCUT2D eigenvalue weighted by Crippen LogP contribution is 2.34. The van der Waals surface area contributed by atoms with Crippen molar-refractivity contribution in [2.45, 2.75) is 5.92 Å². The molecule has 4 nitrogen and oxygen atoms in total. The molecule has 1 atom stereocenters. The minimum Gasteiger partial charge on any atom is -0.454 e. The van der Waals surface area contributed by atoms with Crippen molar-refractivity contribution in [2.75, 3.05) is 27.0 Å². The van der Waals surface area contributed by atoms with Gasteiger partial charge in [0.05, 0.1) is 6.61 Å². The van der Waals surface area contributed by atoms with Crippen LogP contribution in [0.1, 0.15) is 11.5 Å². The van der Waals surface area contributed by atoms with Gasteiger partial charge in [0.15, 0.2) is 11.5 Å². The van der Waals surface area contributed by atoms with Crippen molar-refractivity contribution in [3.05, 3.63) is 23.8 Å². The van der Waals surface area contributed by atoms with E-state index in [1.807, 2.05) is 25.2 Å². The molecule has 0 spiro atoms. The smallest absolute Gasteiger partial charge is 0.231 e. The van der Waals surface area contributed by atoms with Crippen LogP contribution in [0.4, 0.5) is 0 Å². The largest absolute Gasteiger partial charge is 0.454 e. The van der Waals surface area contributed by atoms with Crippen molar-refractivity contribution in [1.82, 2.24) is 5.32 Å². The first-order valence-electron chi connectivity index (χ1n) is 5.00. The second kappa shape index (κ2) is 4.51. The molecule has 2 N–H and O–H groups in total. The van der Waals surface area contributed by atoms with Crippen molar-refractivity contribution in [1.29, 1.82) is 0 Å². The summed E-state index contributed by atoms with van der Waals surface area (Å²) >= 11 is 0. The summed E-state index contributed by atoms with van der Waals surface area (Å²) in [6.07, 6.45) is 0. The van der Waals surface area contributed by atoms with Crippen LogP contribution in [-0.4, -0.2) is 32.1 Å². The summed E-state index contributed by atoms with van der Waals surface area (Å²) in [5, 5.41) is 12.3. The molecule has 0 radical (unpaired) electrons. The Bertz CT molecular complexity index is 341. The number of nitrogens with one attached hydrogen (secondary N) is 1. The van der Waals surface area contributed by atoms with Gasteiger partial charge in [0, 0.05) is 12.5 Å². The zero-order valence-corrected chi connectivity index (χ0v) is 8.69. The molecule has 1 aliphatic rings. The lowest BCUT2D eigenvalue weighted by Gasteiger charge is -2.14. The van der Waals surface area contributed by atoms with E-state index in [0.717, 1.165) is 23.6 Å². The van der Waals surface area contributed by atoms with E-state index in [2.05, 4.69) is 5.32 Å². The predicted octanol–water partition coefficient (Wildman–Crippen LogP) is 0.711. The fraction of sp³-hybridized carbons (Fsp3) is 0.455. The second-order valence-corrected chi connectivity index (χ2v) is 3.55. The molecule has 1 unspecified atom stereocenters. The van der Waals surface area contributed by atoms with Gasteiger partial charge in [-0.1, -0.05) is 6.07 Å². The van der Waals surface area contributed by atoms with Gasteiger partial charge in [-0.15, -0.1) is 0 Å². The molecule has 15 heavy (non-hydrogen) atoms. The average Bonchev–Trinajstić information content (AvgIpc) is 2.72. The maximum Gasteiger partial charge on any atom is 0.231 e. The van der Waals surface area contributed by atoms with E-state index in [9.17, 15) is 5.11 Å². The zero-order valence-electron chi connectivity index (χ0n) is 8.69. The molecule has 0 fully saturated rings. The van der Waals surface area contributed by atoms with Gasteiger partial charge >= 0.3 is 0 Å². The summed E-state index contributed by atoms with van der Waals surface area (Å²) in [6.45, 7) is 1.16. The molecule has 1 heterocycles. The third kappa shape index (κ3) is 2.06. The molecule has 4 heteroatoms. The quantitative estimate of drug-likeness (QED) is 0.767. The number of ether oxygens (including phenoxy) is 2. The molecule has 0 saturated heterocycles. The maximum atomic E-state index is 9.25. The summed E-state index contributed by atoms with van der Waals surface area (Å²) in [4.78, 5) is 0. The van der Waals surface area contributed by atoms with Crippen LogP contribution in [0.3, 0.4) is 0 Å². The third-order valence-corrected chi connectivity index (χ3v) is 2.54. The molecule has 1 aromatic carbocycles. The molecule has 0 aliphatic carbocycles. The van der Waals surface area contributed by atoms with Crippen LogP contribution in [-0.2, 0) is 0 Å². The Kier molecular flexibility index (Phi) is 3.08.